The van der Waals surface area contributed by atoms with Crippen molar-refractivity contribution in [1.82, 2.24) is 0 Å². The van der Waals surface area contributed by atoms with E-state index in [0.717, 1.165) is 5.92 Å². The number of rotatable bonds is 0. The maximum atomic E-state index is 2.51. The van der Waals surface area contributed by atoms with E-state index < -0.39 is 0 Å². The predicted octanol–water partition coefficient (Wildman–Crippen LogP) is 6.87. The molecule has 6 rings (SSSR count). The van der Waals surface area contributed by atoms with Gasteiger partial charge in [-0.25, -0.2) is 0 Å². The van der Waals surface area contributed by atoms with Gasteiger partial charge in [0.1, 0.15) is 0 Å². The zero-order valence-corrected chi connectivity index (χ0v) is 16.8. The first-order valence-electron chi connectivity index (χ1n) is 10.7. The van der Waals surface area contributed by atoms with E-state index in [0.29, 0.717) is 17.8 Å². The lowest BCUT2D eigenvalue weighted by molar-refractivity contribution is 0.387. The van der Waals surface area contributed by atoms with E-state index in [1.54, 1.807) is 39.0 Å². The largest absolute Gasteiger partial charge is 0.0620 e. The summed E-state index contributed by atoms with van der Waals surface area (Å²) in [5.41, 5.74) is 13.2. The maximum absolute atomic E-state index is 2.51. The van der Waals surface area contributed by atoms with Crippen molar-refractivity contribution in [2.24, 2.45) is 17.8 Å². The van der Waals surface area contributed by atoms with Gasteiger partial charge in [0.05, 0.1) is 0 Å². The van der Waals surface area contributed by atoms with Crippen LogP contribution in [0.25, 0.3) is 5.57 Å². The molecule has 2 aromatic carbocycles. The molecule has 0 saturated carbocycles. The van der Waals surface area contributed by atoms with Crippen LogP contribution in [-0.4, -0.2) is 0 Å². The fraction of sp³-hybridized carbons (Fsp3) is 0.407. The Balaban J connectivity index is 1.72. The van der Waals surface area contributed by atoms with Crippen LogP contribution in [0.2, 0.25) is 0 Å². The number of allylic oxidation sites excluding steroid dienone is 4. The van der Waals surface area contributed by atoms with E-state index in [1.807, 2.05) is 0 Å². The van der Waals surface area contributed by atoms with Gasteiger partial charge in [-0.15, -0.1) is 0 Å². The monoisotopic (exact) mass is 352 g/mol. The van der Waals surface area contributed by atoms with Crippen molar-refractivity contribution < 1.29 is 0 Å². The summed E-state index contributed by atoms with van der Waals surface area (Å²) in [7, 11) is 0. The summed E-state index contributed by atoms with van der Waals surface area (Å²) in [6.07, 6.45) is 2.49. The van der Waals surface area contributed by atoms with E-state index in [9.17, 15) is 0 Å². The molecule has 0 N–H and O–H groups in total. The Kier molecular flexibility index (Phi) is 2.97. The fourth-order valence-electron chi connectivity index (χ4n) is 7.12. The molecule has 0 aliphatic heterocycles. The fourth-order valence-corrected chi connectivity index (χ4v) is 7.12. The molecule has 1 spiro atoms. The Morgan fingerprint density at radius 2 is 1.52 bits per heavy atom. The third kappa shape index (κ3) is 1.63. The minimum absolute atomic E-state index is 0.0668. The van der Waals surface area contributed by atoms with Gasteiger partial charge in [-0.3, -0.25) is 0 Å². The molecule has 136 valence electrons. The van der Waals surface area contributed by atoms with Crippen molar-refractivity contribution in [3.8, 4) is 0 Å². The molecule has 4 aliphatic rings. The first-order valence-corrected chi connectivity index (χ1v) is 10.7. The molecule has 0 nitrogen and oxygen atoms in total. The minimum Gasteiger partial charge on any atom is -0.0620 e. The van der Waals surface area contributed by atoms with Crippen LogP contribution in [-0.2, 0) is 5.41 Å². The highest BCUT2D eigenvalue weighted by atomic mass is 14.6. The topological polar surface area (TPSA) is 0 Å². The van der Waals surface area contributed by atoms with Gasteiger partial charge in [0.2, 0.25) is 0 Å². The van der Waals surface area contributed by atoms with Crippen molar-refractivity contribution in [2.45, 2.75) is 51.9 Å². The molecule has 0 bridgehead atoms. The zero-order chi connectivity index (χ0) is 18.5. The zero-order valence-electron chi connectivity index (χ0n) is 16.8. The Morgan fingerprint density at radius 1 is 0.815 bits per heavy atom. The molecule has 0 amide bonds. The van der Waals surface area contributed by atoms with Gasteiger partial charge in [0, 0.05) is 5.41 Å². The lowest BCUT2D eigenvalue weighted by Gasteiger charge is -2.38. The van der Waals surface area contributed by atoms with Gasteiger partial charge in [-0.2, -0.15) is 0 Å². The second kappa shape index (κ2) is 5.04. The maximum Gasteiger partial charge on any atom is 0.0497 e. The predicted molar refractivity (Wildman–Crippen MR) is 113 cm³/mol. The Morgan fingerprint density at radius 3 is 2.33 bits per heavy atom. The number of hydrogen-bond acceptors (Lipinski definition) is 0. The molecule has 0 radical (unpaired) electrons. The number of fused-ring (bicyclic) bond motifs is 7. The molecular formula is C27H28. The van der Waals surface area contributed by atoms with Crippen LogP contribution in [0, 0.1) is 17.8 Å². The molecule has 4 aliphatic carbocycles. The highest BCUT2D eigenvalue weighted by Crippen LogP contribution is 2.69. The van der Waals surface area contributed by atoms with Crippen LogP contribution in [0.3, 0.4) is 0 Å². The molecule has 0 heterocycles. The van der Waals surface area contributed by atoms with Crippen molar-refractivity contribution in [3.05, 3.63) is 87.5 Å². The van der Waals surface area contributed by atoms with Crippen LogP contribution < -0.4 is 0 Å². The average molecular weight is 353 g/mol. The highest BCUT2D eigenvalue weighted by Gasteiger charge is 2.59. The summed E-state index contributed by atoms with van der Waals surface area (Å²) in [5.74, 6) is 2.67. The normalized spacial score (nSPS) is 35.7. The molecule has 0 heteroatoms. The first-order chi connectivity index (χ1) is 13.1. The third-order valence-electron chi connectivity index (χ3n) is 8.60. The van der Waals surface area contributed by atoms with Crippen LogP contribution in [0.5, 0.6) is 0 Å². The molecule has 1 unspecified atom stereocenters. The summed E-state index contributed by atoms with van der Waals surface area (Å²) in [6.45, 7) is 9.89. The van der Waals surface area contributed by atoms with E-state index in [1.165, 1.54) is 18.4 Å². The summed E-state index contributed by atoms with van der Waals surface area (Å²) in [6, 6.07) is 18.6. The van der Waals surface area contributed by atoms with Crippen molar-refractivity contribution in [2.75, 3.05) is 0 Å². The summed E-state index contributed by atoms with van der Waals surface area (Å²) < 4.78 is 0. The van der Waals surface area contributed by atoms with Gasteiger partial charge in [-0.05, 0) is 75.5 Å². The Labute approximate surface area is 163 Å². The first kappa shape index (κ1) is 15.9. The van der Waals surface area contributed by atoms with E-state index >= 15 is 0 Å². The Bertz CT molecular complexity index is 1050. The van der Waals surface area contributed by atoms with E-state index in [-0.39, 0.29) is 5.41 Å². The summed E-state index contributed by atoms with van der Waals surface area (Å²) >= 11 is 0. The molecular weight excluding hydrogens is 324 g/mol. The Hall–Kier alpha value is -2.08. The van der Waals surface area contributed by atoms with Crippen LogP contribution in [0.1, 0.15) is 68.7 Å². The summed E-state index contributed by atoms with van der Waals surface area (Å²) in [4.78, 5) is 0. The van der Waals surface area contributed by atoms with Gasteiger partial charge in [0.25, 0.3) is 0 Å². The average Bonchev–Trinajstić information content (AvgIpc) is 3.33. The van der Waals surface area contributed by atoms with Gasteiger partial charge in [0.15, 0.2) is 0 Å². The number of hydrogen-bond donors (Lipinski definition) is 0. The van der Waals surface area contributed by atoms with Crippen molar-refractivity contribution in [3.63, 3.8) is 0 Å². The van der Waals surface area contributed by atoms with Gasteiger partial charge in [-0.1, -0.05) is 81.8 Å². The van der Waals surface area contributed by atoms with Crippen molar-refractivity contribution in [1.29, 1.82) is 0 Å². The summed E-state index contributed by atoms with van der Waals surface area (Å²) in [5, 5.41) is 0. The molecule has 0 aromatic heterocycles. The minimum atomic E-state index is 0.0668. The van der Waals surface area contributed by atoms with Crippen molar-refractivity contribution >= 4 is 5.57 Å². The molecule has 0 saturated heterocycles. The molecule has 27 heavy (non-hydrogen) atoms. The SMILES string of the molecule is C[C@@H]1C2=C(CC3=C2C2(c4ccccc43)c3ccccc3[C@@H](C)[C@H]2C)C[C@@H]1C. The van der Waals surface area contributed by atoms with Crippen LogP contribution in [0.4, 0.5) is 0 Å². The molecule has 0 fully saturated rings. The molecule has 5 atom stereocenters. The third-order valence-corrected chi connectivity index (χ3v) is 8.60. The quantitative estimate of drug-likeness (QED) is 0.485. The van der Waals surface area contributed by atoms with Crippen LogP contribution >= 0.6 is 0 Å². The second-order valence-corrected chi connectivity index (χ2v) is 9.54. The smallest absolute Gasteiger partial charge is 0.0497 e. The second-order valence-electron chi connectivity index (χ2n) is 9.54. The molecule has 2 aromatic rings. The van der Waals surface area contributed by atoms with Gasteiger partial charge < -0.3 is 0 Å². The van der Waals surface area contributed by atoms with Crippen LogP contribution in [0.15, 0.2) is 65.3 Å². The van der Waals surface area contributed by atoms with E-state index in [4.69, 9.17) is 0 Å². The highest BCUT2D eigenvalue weighted by molar-refractivity contribution is 5.92. The lowest BCUT2D eigenvalue weighted by Crippen LogP contribution is -2.34. The van der Waals surface area contributed by atoms with E-state index in [2.05, 4.69) is 76.2 Å². The van der Waals surface area contributed by atoms with Gasteiger partial charge >= 0.3 is 0 Å². The number of benzene rings is 2. The lowest BCUT2D eigenvalue weighted by atomic mass is 9.64. The standard InChI is InChI=1S/C27H28/c1-15-13-19-14-22-21-10-6-8-12-24(21)27(26(22)25(19)16(15)2)18(4)17(3)20-9-5-7-11-23(20)27/h5-12,15-18H,13-14H2,1-4H3/t15-,16-,17-,18+,27?/m0/s1.